The van der Waals surface area contributed by atoms with Crippen molar-refractivity contribution in [3.8, 4) is 0 Å². The van der Waals surface area contributed by atoms with Crippen LogP contribution in [-0.2, 0) is 0 Å². The van der Waals surface area contributed by atoms with Crippen molar-refractivity contribution in [3.05, 3.63) is 29.3 Å². The number of benzene rings is 1. The summed E-state index contributed by atoms with van der Waals surface area (Å²) in [4.78, 5) is 12.5. The predicted octanol–water partition coefficient (Wildman–Crippen LogP) is 4.13. The number of rotatable bonds is 6. The van der Waals surface area contributed by atoms with Gasteiger partial charge in [0.05, 0.1) is 5.56 Å². The van der Waals surface area contributed by atoms with Crippen LogP contribution in [0, 0.1) is 12.3 Å². The van der Waals surface area contributed by atoms with E-state index < -0.39 is 0 Å². The summed E-state index contributed by atoms with van der Waals surface area (Å²) in [6.45, 7) is 8.14. The molecule has 1 aliphatic rings. The van der Waals surface area contributed by atoms with Crippen molar-refractivity contribution >= 4 is 11.6 Å². The van der Waals surface area contributed by atoms with Gasteiger partial charge in [-0.3, -0.25) is 4.79 Å². The third kappa shape index (κ3) is 4.23. The molecule has 116 valence electrons. The molecule has 0 saturated heterocycles. The molecule has 3 nitrogen and oxygen atoms in total. The first-order chi connectivity index (χ1) is 10.0. The lowest BCUT2D eigenvalue weighted by Gasteiger charge is -2.24. The molecule has 1 saturated carbocycles. The highest BCUT2D eigenvalue weighted by atomic mass is 16.1. The second-order valence-corrected chi connectivity index (χ2v) is 6.68. The van der Waals surface area contributed by atoms with Gasteiger partial charge in [0.1, 0.15) is 0 Å². The monoisotopic (exact) mass is 288 g/mol. The second-order valence-electron chi connectivity index (χ2n) is 6.68. The van der Waals surface area contributed by atoms with Gasteiger partial charge in [-0.2, -0.15) is 0 Å². The zero-order valence-electron chi connectivity index (χ0n) is 13.6. The maximum atomic E-state index is 12.5. The quantitative estimate of drug-likeness (QED) is 0.826. The SMILES string of the molecule is CCCNc1cc(C)ccc1C(=O)NCC1(C)CCCC1. The predicted molar refractivity (Wildman–Crippen MR) is 88.9 cm³/mol. The van der Waals surface area contributed by atoms with E-state index >= 15 is 0 Å². The van der Waals surface area contributed by atoms with Crippen molar-refractivity contribution in [2.75, 3.05) is 18.4 Å². The fourth-order valence-corrected chi connectivity index (χ4v) is 3.06. The number of hydrogen-bond acceptors (Lipinski definition) is 2. The average molecular weight is 288 g/mol. The Morgan fingerprint density at radius 2 is 2.00 bits per heavy atom. The molecule has 1 fully saturated rings. The maximum absolute atomic E-state index is 12.5. The lowest BCUT2D eigenvalue weighted by molar-refractivity contribution is 0.0935. The van der Waals surface area contributed by atoms with E-state index in [2.05, 4.69) is 37.5 Å². The highest BCUT2D eigenvalue weighted by Crippen LogP contribution is 2.36. The second kappa shape index (κ2) is 6.97. The van der Waals surface area contributed by atoms with Crippen LogP contribution in [0.1, 0.15) is 61.9 Å². The van der Waals surface area contributed by atoms with Gasteiger partial charge in [-0.05, 0) is 49.3 Å². The Kier molecular flexibility index (Phi) is 5.27. The van der Waals surface area contributed by atoms with Crippen LogP contribution in [0.15, 0.2) is 18.2 Å². The zero-order valence-corrected chi connectivity index (χ0v) is 13.6. The zero-order chi connectivity index (χ0) is 15.3. The van der Waals surface area contributed by atoms with E-state index in [1.54, 1.807) is 0 Å². The minimum atomic E-state index is 0.0433. The van der Waals surface area contributed by atoms with E-state index in [1.807, 2.05) is 12.1 Å². The van der Waals surface area contributed by atoms with Crippen LogP contribution in [-0.4, -0.2) is 19.0 Å². The van der Waals surface area contributed by atoms with E-state index in [4.69, 9.17) is 0 Å². The molecule has 2 N–H and O–H groups in total. The van der Waals surface area contributed by atoms with Gasteiger partial charge in [0, 0.05) is 18.8 Å². The normalized spacial score (nSPS) is 16.7. The van der Waals surface area contributed by atoms with Crippen molar-refractivity contribution in [1.29, 1.82) is 0 Å². The Labute approximate surface area is 128 Å². The first-order valence-corrected chi connectivity index (χ1v) is 8.17. The van der Waals surface area contributed by atoms with Crippen LogP contribution in [0.3, 0.4) is 0 Å². The molecule has 3 heteroatoms. The summed E-state index contributed by atoms with van der Waals surface area (Å²) in [5.41, 5.74) is 3.17. The fraction of sp³-hybridized carbons (Fsp3) is 0.611. The van der Waals surface area contributed by atoms with Gasteiger partial charge in [-0.15, -0.1) is 0 Å². The summed E-state index contributed by atoms with van der Waals surface area (Å²) >= 11 is 0. The Morgan fingerprint density at radius 3 is 2.67 bits per heavy atom. The molecular formula is C18H28N2O. The van der Waals surface area contributed by atoms with E-state index in [-0.39, 0.29) is 11.3 Å². The molecule has 0 atom stereocenters. The topological polar surface area (TPSA) is 41.1 Å². The Bertz CT molecular complexity index is 490. The molecule has 1 aromatic carbocycles. The van der Waals surface area contributed by atoms with Crippen molar-refractivity contribution < 1.29 is 4.79 Å². The summed E-state index contributed by atoms with van der Waals surface area (Å²) in [7, 11) is 0. The van der Waals surface area contributed by atoms with Crippen LogP contribution in [0.2, 0.25) is 0 Å². The largest absolute Gasteiger partial charge is 0.384 e. The lowest BCUT2D eigenvalue weighted by atomic mass is 9.89. The molecule has 0 unspecified atom stereocenters. The number of nitrogens with one attached hydrogen (secondary N) is 2. The van der Waals surface area contributed by atoms with E-state index in [0.717, 1.165) is 30.8 Å². The first kappa shape index (κ1) is 15.9. The van der Waals surface area contributed by atoms with Gasteiger partial charge in [0.25, 0.3) is 5.91 Å². The third-order valence-electron chi connectivity index (χ3n) is 4.47. The number of anilines is 1. The molecule has 0 aliphatic heterocycles. The van der Waals surface area contributed by atoms with Crippen molar-refractivity contribution in [1.82, 2.24) is 5.32 Å². The minimum absolute atomic E-state index is 0.0433. The lowest BCUT2D eigenvalue weighted by Crippen LogP contribution is -2.34. The van der Waals surface area contributed by atoms with Gasteiger partial charge >= 0.3 is 0 Å². The molecule has 0 bridgehead atoms. The maximum Gasteiger partial charge on any atom is 0.253 e. The number of carbonyl (C=O) groups excluding carboxylic acids is 1. The van der Waals surface area contributed by atoms with Crippen LogP contribution >= 0.6 is 0 Å². The van der Waals surface area contributed by atoms with Crippen molar-refractivity contribution in [3.63, 3.8) is 0 Å². The van der Waals surface area contributed by atoms with Crippen LogP contribution in [0.4, 0.5) is 5.69 Å². The summed E-state index contributed by atoms with van der Waals surface area (Å²) in [5, 5.41) is 6.50. The van der Waals surface area contributed by atoms with Crippen molar-refractivity contribution in [2.24, 2.45) is 5.41 Å². The van der Waals surface area contributed by atoms with Gasteiger partial charge in [-0.1, -0.05) is 32.8 Å². The Hall–Kier alpha value is -1.51. The third-order valence-corrected chi connectivity index (χ3v) is 4.47. The standard InChI is InChI=1S/C18H28N2O/c1-4-11-19-16-12-14(2)7-8-15(16)17(21)20-13-18(3)9-5-6-10-18/h7-8,12,19H,4-6,9-11,13H2,1-3H3,(H,20,21). The van der Waals surface area contributed by atoms with Crippen LogP contribution < -0.4 is 10.6 Å². The minimum Gasteiger partial charge on any atom is -0.384 e. The van der Waals surface area contributed by atoms with Gasteiger partial charge in [-0.25, -0.2) is 0 Å². The molecule has 1 aliphatic carbocycles. The molecule has 1 aromatic rings. The van der Waals surface area contributed by atoms with E-state index in [0.29, 0.717) is 0 Å². The number of carbonyl (C=O) groups is 1. The highest BCUT2D eigenvalue weighted by Gasteiger charge is 2.29. The van der Waals surface area contributed by atoms with E-state index in [9.17, 15) is 4.79 Å². The van der Waals surface area contributed by atoms with Gasteiger partial charge in [0.15, 0.2) is 0 Å². The van der Waals surface area contributed by atoms with E-state index in [1.165, 1.54) is 31.2 Å². The average Bonchev–Trinajstić information content (AvgIpc) is 2.90. The Morgan fingerprint density at radius 1 is 1.29 bits per heavy atom. The molecule has 0 aromatic heterocycles. The van der Waals surface area contributed by atoms with Crippen molar-refractivity contribution in [2.45, 2.75) is 52.9 Å². The van der Waals surface area contributed by atoms with Crippen LogP contribution in [0.25, 0.3) is 0 Å². The first-order valence-electron chi connectivity index (χ1n) is 8.17. The summed E-state index contributed by atoms with van der Waals surface area (Å²) < 4.78 is 0. The molecule has 2 rings (SSSR count). The molecule has 21 heavy (non-hydrogen) atoms. The van der Waals surface area contributed by atoms with Gasteiger partial charge in [0.2, 0.25) is 0 Å². The smallest absolute Gasteiger partial charge is 0.253 e. The summed E-state index contributed by atoms with van der Waals surface area (Å²) in [5.74, 6) is 0.0433. The molecule has 0 heterocycles. The number of hydrogen-bond donors (Lipinski definition) is 2. The fourth-order valence-electron chi connectivity index (χ4n) is 3.06. The number of aryl methyl sites for hydroxylation is 1. The molecule has 1 amide bonds. The number of amides is 1. The molecule has 0 radical (unpaired) electrons. The Balaban J connectivity index is 2.03. The van der Waals surface area contributed by atoms with Crippen LogP contribution in [0.5, 0.6) is 0 Å². The molecular weight excluding hydrogens is 260 g/mol. The summed E-state index contributed by atoms with van der Waals surface area (Å²) in [6.07, 6.45) is 6.08. The van der Waals surface area contributed by atoms with Gasteiger partial charge < -0.3 is 10.6 Å². The molecule has 0 spiro atoms. The highest BCUT2D eigenvalue weighted by molar-refractivity contribution is 5.99. The summed E-state index contributed by atoms with van der Waals surface area (Å²) in [6, 6.07) is 5.99.